The van der Waals surface area contributed by atoms with Gasteiger partial charge in [0.05, 0.1) is 5.71 Å². The van der Waals surface area contributed by atoms with Crippen molar-refractivity contribution in [2.24, 2.45) is 5.10 Å². The molecule has 0 bridgehead atoms. The lowest BCUT2D eigenvalue weighted by Crippen LogP contribution is -2.25. The fourth-order valence-corrected chi connectivity index (χ4v) is 2.06. The molecule has 1 amide bonds. The lowest BCUT2D eigenvalue weighted by atomic mass is 10.2. The van der Waals surface area contributed by atoms with Crippen LogP contribution in [0.3, 0.4) is 0 Å². The van der Waals surface area contributed by atoms with E-state index in [0.29, 0.717) is 16.7 Å². The smallest absolute Gasteiger partial charge is 0.349 e. The Hall–Kier alpha value is -3.28. The molecule has 0 fully saturated rings. The van der Waals surface area contributed by atoms with Gasteiger partial charge in [-0.05, 0) is 25.1 Å². The van der Waals surface area contributed by atoms with Gasteiger partial charge < -0.3 is 4.42 Å². The average Bonchev–Trinajstić information content (AvgIpc) is 2.59. The number of carbonyl (C=O) groups excluding carboxylic acids is 1. The molecule has 0 saturated carbocycles. The maximum Gasteiger partial charge on any atom is 0.349 e. The average molecular weight is 307 g/mol. The first kappa shape index (κ1) is 14.6. The van der Waals surface area contributed by atoms with Crippen LogP contribution in [-0.2, 0) is 0 Å². The minimum atomic E-state index is -0.699. The predicted molar refractivity (Wildman–Crippen MR) is 86.4 cm³/mol. The zero-order valence-electron chi connectivity index (χ0n) is 12.3. The maximum atomic E-state index is 12.2. The van der Waals surface area contributed by atoms with Crippen molar-refractivity contribution >= 4 is 22.6 Å². The molecule has 1 N–H and O–H groups in total. The Morgan fingerprint density at radius 2 is 2.04 bits per heavy atom. The maximum absolute atomic E-state index is 12.2. The van der Waals surface area contributed by atoms with Crippen LogP contribution in [0, 0.1) is 0 Å². The third-order valence-electron chi connectivity index (χ3n) is 3.29. The van der Waals surface area contributed by atoms with Crippen LogP contribution in [-0.4, -0.2) is 16.6 Å². The van der Waals surface area contributed by atoms with Gasteiger partial charge in [0, 0.05) is 23.3 Å². The molecular weight excluding hydrogens is 294 g/mol. The first-order valence-corrected chi connectivity index (χ1v) is 6.93. The van der Waals surface area contributed by atoms with Crippen molar-refractivity contribution in [2.75, 3.05) is 0 Å². The Balaban J connectivity index is 1.86. The van der Waals surface area contributed by atoms with Crippen molar-refractivity contribution in [3.8, 4) is 0 Å². The summed E-state index contributed by atoms with van der Waals surface area (Å²) in [4.78, 5) is 28.0. The number of hydrazone groups is 1. The molecule has 3 aromatic rings. The van der Waals surface area contributed by atoms with E-state index in [4.69, 9.17) is 4.42 Å². The van der Waals surface area contributed by atoms with Gasteiger partial charge in [-0.1, -0.05) is 24.3 Å². The first-order valence-electron chi connectivity index (χ1n) is 6.93. The molecule has 0 atom stereocenters. The van der Waals surface area contributed by atoms with Gasteiger partial charge in [0.1, 0.15) is 11.1 Å². The van der Waals surface area contributed by atoms with Crippen molar-refractivity contribution in [1.82, 2.24) is 10.4 Å². The number of pyridine rings is 1. The summed E-state index contributed by atoms with van der Waals surface area (Å²) in [6.07, 6.45) is 3.28. The molecule has 2 heterocycles. The van der Waals surface area contributed by atoms with Crippen LogP contribution < -0.4 is 11.1 Å². The van der Waals surface area contributed by atoms with Crippen LogP contribution in [0.5, 0.6) is 0 Å². The van der Waals surface area contributed by atoms with Gasteiger partial charge in [-0.25, -0.2) is 10.2 Å². The molecule has 3 rings (SSSR count). The molecule has 0 aliphatic carbocycles. The zero-order chi connectivity index (χ0) is 16.2. The van der Waals surface area contributed by atoms with Crippen molar-refractivity contribution in [1.29, 1.82) is 0 Å². The van der Waals surface area contributed by atoms with E-state index in [1.165, 1.54) is 6.07 Å². The zero-order valence-corrected chi connectivity index (χ0v) is 12.3. The molecule has 114 valence electrons. The van der Waals surface area contributed by atoms with Crippen molar-refractivity contribution in [2.45, 2.75) is 6.92 Å². The number of benzene rings is 1. The summed E-state index contributed by atoms with van der Waals surface area (Å²) in [6, 6.07) is 12.1. The number of hydrogen-bond acceptors (Lipinski definition) is 5. The number of nitrogens with one attached hydrogen (secondary N) is 1. The van der Waals surface area contributed by atoms with Crippen LogP contribution >= 0.6 is 0 Å². The van der Waals surface area contributed by atoms with Crippen LogP contribution in [0.15, 0.2) is 69.2 Å². The monoisotopic (exact) mass is 307 g/mol. The van der Waals surface area contributed by atoms with Crippen LogP contribution in [0.25, 0.3) is 11.0 Å². The topological polar surface area (TPSA) is 84.6 Å². The predicted octanol–water partition coefficient (Wildman–Crippen LogP) is 2.34. The molecule has 6 heteroatoms. The van der Waals surface area contributed by atoms with E-state index in [9.17, 15) is 9.59 Å². The molecule has 23 heavy (non-hydrogen) atoms. The van der Waals surface area contributed by atoms with Crippen LogP contribution in [0.4, 0.5) is 0 Å². The standard InChI is InChI=1S/C17H13N3O3/c1-11(13-6-4-8-18-10-13)19-20-16(21)14-9-12-5-2-3-7-15(12)23-17(14)22/h2-10H,1H3,(H,20,21)/b19-11-. The number of fused-ring (bicyclic) bond motifs is 1. The molecule has 0 radical (unpaired) electrons. The van der Waals surface area contributed by atoms with E-state index >= 15 is 0 Å². The third-order valence-corrected chi connectivity index (χ3v) is 3.29. The highest BCUT2D eigenvalue weighted by Crippen LogP contribution is 2.12. The number of carbonyl (C=O) groups is 1. The molecule has 0 saturated heterocycles. The molecule has 1 aromatic carbocycles. The molecule has 0 aliphatic heterocycles. The molecular formula is C17H13N3O3. The van der Waals surface area contributed by atoms with E-state index in [2.05, 4.69) is 15.5 Å². The molecule has 0 aliphatic rings. The summed E-state index contributed by atoms with van der Waals surface area (Å²) in [6.45, 7) is 1.74. The SMILES string of the molecule is C/C(=N/NC(=O)c1cc2ccccc2oc1=O)c1cccnc1. The Morgan fingerprint density at radius 3 is 2.83 bits per heavy atom. The third kappa shape index (κ3) is 3.16. The van der Waals surface area contributed by atoms with Crippen LogP contribution in [0.1, 0.15) is 22.8 Å². The van der Waals surface area contributed by atoms with Gasteiger partial charge in [-0.15, -0.1) is 0 Å². The quantitative estimate of drug-likeness (QED) is 0.457. The number of nitrogens with zero attached hydrogens (tertiary/aromatic N) is 2. The van der Waals surface area contributed by atoms with E-state index in [-0.39, 0.29) is 5.56 Å². The highest BCUT2D eigenvalue weighted by Gasteiger charge is 2.13. The van der Waals surface area contributed by atoms with Gasteiger partial charge in [0.2, 0.25) is 0 Å². The Bertz CT molecular complexity index is 946. The second-order valence-electron chi connectivity index (χ2n) is 4.87. The number of aromatic nitrogens is 1. The number of para-hydroxylation sites is 1. The van der Waals surface area contributed by atoms with Gasteiger partial charge in [0.25, 0.3) is 5.91 Å². The molecule has 6 nitrogen and oxygen atoms in total. The highest BCUT2D eigenvalue weighted by atomic mass is 16.4. The van der Waals surface area contributed by atoms with Gasteiger partial charge in [-0.2, -0.15) is 5.10 Å². The van der Waals surface area contributed by atoms with Crippen molar-refractivity contribution < 1.29 is 9.21 Å². The van der Waals surface area contributed by atoms with Crippen molar-refractivity contribution in [3.63, 3.8) is 0 Å². The minimum Gasteiger partial charge on any atom is -0.422 e. The van der Waals surface area contributed by atoms with E-state index in [1.807, 2.05) is 6.07 Å². The molecule has 0 unspecified atom stereocenters. The Kier molecular flexibility index (Phi) is 3.97. The fourth-order valence-electron chi connectivity index (χ4n) is 2.06. The second-order valence-corrected chi connectivity index (χ2v) is 4.87. The first-order chi connectivity index (χ1) is 11.1. The summed E-state index contributed by atoms with van der Waals surface area (Å²) in [5, 5.41) is 4.66. The molecule has 0 spiro atoms. The fraction of sp³-hybridized carbons (Fsp3) is 0.0588. The Labute approximate surface area is 131 Å². The lowest BCUT2D eigenvalue weighted by Gasteiger charge is -2.03. The minimum absolute atomic E-state index is 0.0913. The number of amides is 1. The summed E-state index contributed by atoms with van der Waals surface area (Å²) in [5.74, 6) is -0.618. The summed E-state index contributed by atoms with van der Waals surface area (Å²) in [7, 11) is 0. The second kappa shape index (κ2) is 6.23. The summed E-state index contributed by atoms with van der Waals surface area (Å²) >= 11 is 0. The number of hydrogen-bond donors (Lipinski definition) is 1. The van der Waals surface area contributed by atoms with E-state index in [0.717, 1.165) is 5.56 Å². The lowest BCUT2D eigenvalue weighted by molar-refractivity contribution is 0.0951. The van der Waals surface area contributed by atoms with Gasteiger partial charge >= 0.3 is 5.63 Å². The van der Waals surface area contributed by atoms with Crippen LogP contribution in [0.2, 0.25) is 0 Å². The van der Waals surface area contributed by atoms with E-state index in [1.54, 1.807) is 49.6 Å². The summed E-state index contributed by atoms with van der Waals surface area (Å²) in [5.41, 5.74) is 3.36. The normalized spacial score (nSPS) is 11.4. The van der Waals surface area contributed by atoms with Gasteiger partial charge in [-0.3, -0.25) is 9.78 Å². The van der Waals surface area contributed by atoms with Crippen molar-refractivity contribution in [3.05, 3.63) is 76.4 Å². The molecule has 2 aromatic heterocycles. The van der Waals surface area contributed by atoms with Gasteiger partial charge in [0.15, 0.2) is 0 Å². The highest BCUT2D eigenvalue weighted by molar-refractivity contribution is 6.01. The Morgan fingerprint density at radius 1 is 1.22 bits per heavy atom. The van der Waals surface area contributed by atoms with E-state index < -0.39 is 11.5 Å². The summed E-state index contributed by atoms with van der Waals surface area (Å²) < 4.78 is 5.13. The number of rotatable bonds is 3. The largest absolute Gasteiger partial charge is 0.422 e.